The van der Waals surface area contributed by atoms with E-state index in [1.807, 2.05) is 16.1 Å². The zero-order valence-corrected chi connectivity index (χ0v) is 12.5. The van der Waals surface area contributed by atoms with Crippen LogP contribution in [0.25, 0.3) is 10.1 Å². The van der Waals surface area contributed by atoms with Crippen molar-refractivity contribution in [3.8, 4) is 0 Å². The van der Waals surface area contributed by atoms with E-state index in [4.69, 9.17) is 11.6 Å². The van der Waals surface area contributed by atoms with Gasteiger partial charge in [-0.15, -0.1) is 0 Å². The lowest BCUT2D eigenvalue weighted by Crippen LogP contribution is -2.32. The van der Waals surface area contributed by atoms with Gasteiger partial charge in [-0.1, -0.05) is 23.1 Å². The Morgan fingerprint density at radius 1 is 1.37 bits per heavy atom. The summed E-state index contributed by atoms with van der Waals surface area (Å²) in [6.07, 6.45) is 2.36. The molecule has 0 bridgehead atoms. The first-order valence-electron chi connectivity index (χ1n) is 6.61. The van der Waals surface area contributed by atoms with Crippen molar-refractivity contribution in [1.82, 2.24) is 8.86 Å². The summed E-state index contributed by atoms with van der Waals surface area (Å²) in [6.45, 7) is 3.12. The molecular weight excluding hydrogens is 280 g/mol. The zero-order chi connectivity index (χ0) is 13.4. The smallest absolute Gasteiger partial charge is 0.268 e. The van der Waals surface area contributed by atoms with Crippen LogP contribution >= 0.6 is 23.1 Å². The van der Waals surface area contributed by atoms with E-state index in [-0.39, 0.29) is 5.56 Å². The number of fused-ring (bicyclic) bond motifs is 1. The van der Waals surface area contributed by atoms with Crippen LogP contribution in [0.4, 0.5) is 0 Å². The summed E-state index contributed by atoms with van der Waals surface area (Å²) in [5, 5.41) is 1.49. The second-order valence-electron chi connectivity index (χ2n) is 5.34. The fourth-order valence-electron chi connectivity index (χ4n) is 2.64. The van der Waals surface area contributed by atoms with Crippen LogP contribution in [0.3, 0.4) is 0 Å². The third kappa shape index (κ3) is 2.71. The molecule has 2 heterocycles. The van der Waals surface area contributed by atoms with Gasteiger partial charge in [0, 0.05) is 11.6 Å². The molecule has 0 radical (unpaired) electrons. The highest BCUT2D eigenvalue weighted by Crippen LogP contribution is 2.24. The molecule has 102 valence electrons. The fraction of sp³-hybridized carbons (Fsp3) is 0.500. The molecule has 19 heavy (non-hydrogen) atoms. The summed E-state index contributed by atoms with van der Waals surface area (Å²) in [6, 6.07) is 5.51. The number of benzene rings is 1. The Morgan fingerprint density at radius 2 is 2.11 bits per heavy atom. The van der Waals surface area contributed by atoms with Crippen molar-refractivity contribution >= 4 is 33.2 Å². The standard InChI is InChI=1S/C14H17ClN2OS/c1-16-6-4-10(5-7-16)9-17-14(18)12-3-2-11(15)8-13(12)19-17/h2-3,8,10H,4-7,9H2,1H3. The predicted molar refractivity (Wildman–Crippen MR) is 81.3 cm³/mol. The van der Waals surface area contributed by atoms with Gasteiger partial charge in [-0.2, -0.15) is 0 Å². The molecule has 1 aromatic heterocycles. The number of aromatic nitrogens is 1. The van der Waals surface area contributed by atoms with Gasteiger partial charge in [0.15, 0.2) is 0 Å². The maximum absolute atomic E-state index is 12.3. The van der Waals surface area contributed by atoms with E-state index in [2.05, 4.69) is 11.9 Å². The Hall–Kier alpha value is -0.840. The molecule has 1 saturated heterocycles. The largest absolute Gasteiger partial charge is 0.306 e. The summed E-state index contributed by atoms with van der Waals surface area (Å²) in [5.41, 5.74) is 0.135. The van der Waals surface area contributed by atoms with Gasteiger partial charge in [-0.25, -0.2) is 0 Å². The second-order valence-corrected chi connectivity index (χ2v) is 6.84. The van der Waals surface area contributed by atoms with E-state index in [1.54, 1.807) is 6.07 Å². The Balaban J connectivity index is 1.85. The van der Waals surface area contributed by atoms with Gasteiger partial charge in [0.05, 0.1) is 10.1 Å². The Bertz CT molecular complexity index is 640. The highest BCUT2D eigenvalue weighted by molar-refractivity contribution is 7.13. The normalized spacial score (nSPS) is 18.2. The van der Waals surface area contributed by atoms with Crippen LogP contribution in [0.5, 0.6) is 0 Å². The molecule has 5 heteroatoms. The molecule has 0 aliphatic carbocycles. The molecule has 0 spiro atoms. The number of hydrogen-bond acceptors (Lipinski definition) is 3. The van der Waals surface area contributed by atoms with Crippen molar-refractivity contribution < 1.29 is 0 Å². The van der Waals surface area contributed by atoms with Crippen LogP contribution in [0.15, 0.2) is 23.0 Å². The van der Waals surface area contributed by atoms with Gasteiger partial charge in [0.25, 0.3) is 5.56 Å². The number of nitrogens with zero attached hydrogens (tertiary/aromatic N) is 2. The summed E-state index contributed by atoms with van der Waals surface area (Å²) < 4.78 is 2.89. The lowest BCUT2D eigenvalue weighted by Gasteiger charge is -2.28. The lowest BCUT2D eigenvalue weighted by atomic mass is 9.97. The summed E-state index contributed by atoms with van der Waals surface area (Å²) >= 11 is 7.52. The van der Waals surface area contributed by atoms with E-state index in [0.29, 0.717) is 10.9 Å². The number of hydrogen-bond donors (Lipinski definition) is 0. The fourth-order valence-corrected chi connectivity index (χ4v) is 4.02. The highest BCUT2D eigenvalue weighted by atomic mass is 35.5. The molecule has 0 unspecified atom stereocenters. The first-order chi connectivity index (χ1) is 9.13. The van der Waals surface area contributed by atoms with Crippen LogP contribution in [0.1, 0.15) is 12.8 Å². The zero-order valence-electron chi connectivity index (χ0n) is 10.9. The Kier molecular flexibility index (Phi) is 3.65. The number of likely N-dealkylation sites (tertiary alicyclic amines) is 1. The molecule has 1 fully saturated rings. The van der Waals surface area contributed by atoms with Gasteiger partial charge in [0.1, 0.15) is 0 Å². The molecule has 1 aromatic carbocycles. The summed E-state index contributed by atoms with van der Waals surface area (Å²) in [5.74, 6) is 0.623. The molecule has 0 amide bonds. The average Bonchev–Trinajstić information content (AvgIpc) is 2.68. The van der Waals surface area contributed by atoms with Gasteiger partial charge in [-0.3, -0.25) is 8.75 Å². The van der Waals surface area contributed by atoms with E-state index >= 15 is 0 Å². The molecule has 0 saturated carbocycles. The van der Waals surface area contributed by atoms with Crippen LogP contribution in [0, 0.1) is 5.92 Å². The molecule has 1 aliphatic rings. The topological polar surface area (TPSA) is 25.2 Å². The van der Waals surface area contributed by atoms with Crippen molar-refractivity contribution in [2.75, 3.05) is 20.1 Å². The van der Waals surface area contributed by atoms with E-state index in [0.717, 1.165) is 29.7 Å². The first-order valence-corrected chi connectivity index (χ1v) is 7.76. The summed E-state index contributed by atoms with van der Waals surface area (Å²) in [4.78, 5) is 14.6. The van der Waals surface area contributed by atoms with Crippen molar-refractivity contribution in [3.63, 3.8) is 0 Å². The SMILES string of the molecule is CN1CCC(Cn2sc3cc(Cl)ccc3c2=O)CC1. The van der Waals surface area contributed by atoms with E-state index in [1.165, 1.54) is 24.4 Å². The van der Waals surface area contributed by atoms with Crippen molar-refractivity contribution in [3.05, 3.63) is 33.6 Å². The molecule has 3 rings (SSSR count). The highest BCUT2D eigenvalue weighted by Gasteiger charge is 2.19. The minimum atomic E-state index is 0.135. The molecule has 0 N–H and O–H groups in total. The number of halogens is 1. The molecule has 3 nitrogen and oxygen atoms in total. The van der Waals surface area contributed by atoms with Gasteiger partial charge in [0.2, 0.25) is 0 Å². The molecule has 1 aliphatic heterocycles. The second kappa shape index (κ2) is 5.27. The molecule has 0 atom stereocenters. The van der Waals surface area contributed by atoms with Crippen LogP contribution in [-0.4, -0.2) is 29.0 Å². The third-order valence-electron chi connectivity index (χ3n) is 3.87. The van der Waals surface area contributed by atoms with E-state index < -0.39 is 0 Å². The van der Waals surface area contributed by atoms with Crippen molar-refractivity contribution in [1.29, 1.82) is 0 Å². The monoisotopic (exact) mass is 296 g/mol. The maximum atomic E-state index is 12.3. The van der Waals surface area contributed by atoms with Gasteiger partial charge >= 0.3 is 0 Å². The van der Waals surface area contributed by atoms with Crippen LogP contribution < -0.4 is 5.56 Å². The molecule has 2 aromatic rings. The third-order valence-corrected chi connectivity index (χ3v) is 5.18. The van der Waals surface area contributed by atoms with Crippen molar-refractivity contribution in [2.24, 2.45) is 5.92 Å². The average molecular weight is 297 g/mol. The maximum Gasteiger partial charge on any atom is 0.268 e. The molecular formula is C14H17ClN2OS. The number of piperidine rings is 1. The Labute approximate surface area is 121 Å². The van der Waals surface area contributed by atoms with Crippen LogP contribution in [0.2, 0.25) is 5.02 Å². The quantitative estimate of drug-likeness (QED) is 0.851. The first kappa shape index (κ1) is 13.2. The predicted octanol–water partition coefficient (Wildman–Crippen LogP) is 3.06. The van der Waals surface area contributed by atoms with Gasteiger partial charge in [-0.05, 0) is 57.1 Å². The van der Waals surface area contributed by atoms with Crippen molar-refractivity contribution in [2.45, 2.75) is 19.4 Å². The van der Waals surface area contributed by atoms with E-state index in [9.17, 15) is 4.79 Å². The van der Waals surface area contributed by atoms with Gasteiger partial charge < -0.3 is 4.90 Å². The lowest BCUT2D eigenvalue weighted by molar-refractivity contribution is 0.207. The number of rotatable bonds is 2. The minimum absolute atomic E-state index is 0.135. The van der Waals surface area contributed by atoms with Crippen LogP contribution in [-0.2, 0) is 6.54 Å². The Morgan fingerprint density at radius 3 is 2.84 bits per heavy atom. The summed E-state index contributed by atoms with van der Waals surface area (Å²) in [7, 11) is 2.16. The minimum Gasteiger partial charge on any atom is -0.306 e.